The van der Waals surface area contributed by atoms with Crippen molar-refractivity contribution >= 4 is 23.5 Å². The van der Waals surface area contributed by atoms with E-state index in [2.05, 4.69) is 5.32 Å². The molecule has 0 heterocycles. The largest absolute Gasteiger partial charge is 0.481 e. The van der Waals surface area contributed by atoms with E-state index < -0.39 is 23.7 Å². The van der Waals surface area contributed by atoms with E-state index in [9.17, 15) is 14.0 Å². The summed E-state index contributed by atoms with van der Waals surface area (Å²) in [7, 11) is 0. The van der Waals surface area contributed by atoms with E-state index in [1.54, 1.807) is 24.3 Å². The Balaban J connectivity index is 2.21. The predicted molar refractivity (Wildman–Crippen MR) is 80.3 cm³/mol. The quantitative estimate of drug-likeness (QED) is 0.886. The Morgan fingerprint density at radius 3 is 2.45 bits per heavy atom. The molecule has 0 aliphatic carbocycles. The van der Waals surface area contributed by atoms with E-state index in [1.165, 1.54) is 24.3 Å². The van der Waals surface area contributed by atoms with Gasteiger partial charge < -0.3 is 10.4 Å². The van der Waals surface area contributed by atoms with Crippen molar-refractivity contribution in [1.82, 2.24) is 5.32 Å². The molecular weight excluding hydrogens is 309 g/mol. The number of carbonyl (C=O) groups is 2. The van der Waals surface area contributed by atoms with Crippen LogP contribution in [0.5, 0.6) is 0 Å². The zero-order valence-corrected chi connectivity index (χ0v) is 12.2. The smallest absolute Gasteiger partial charge is 0.305 e. The minimum Gasteiger partial charge on any atom is -0.481 e. The van der Waals surface area contributed by atoms with Crippen molar-refractivity contribution in [2.75, 3.05) is 0 Å². The second kappa shape index (κ2) is 7.04. The summed E-state index contributed by atoms with van der Waals surface area (Å²) in [5, 5.41) is 12.1. The number of aliphatic carboxylic acids is 1. The fourth-order valence-corrected chi connectivity index (χ4v) is 2.19. The molecule has 0 fully saturated rings. The molecule has 4 nitrogen and oxygen atoms in total. The van der Waals surface area contributed by atoms with Crippen molar-refractivity contribution in [3.63, 3.8) is 0 Å². The maximum Gasteiger partial charge on any atom is 0.305 e. The maximum absolute atomic E-state index is 12.9. The molecule has 0 unspecified atom stereocenters. The lowest BCUT2D eigenvalue weighted by Crippen LogP contribution is -2.30. The fraction of sp³-hybridized carbons (Fsp3) is 0.125. The third-order valence-electron chi connectivity index (χ3n) is 3.04. The Hall–Kier alpha value is -2.40. The first-order valence-corrected chi connectivity index (χ1v) is 6.87. The van der Waals surface area contributed by atoms with Gasteiger partial charge in [-0.1, -0.05) is 23.7 Å². The molecule has 0 bridgehead atoms. The minimum absolute atomic E-state index is 0.249. The molecule has 0 radical (unpaired) electrons. The molecule has 0 saturated carbocycles. The van der Waals surface area contributed by atoms with E-state index >= 15 is 0 Å². The molecule has 2 N–H and O–H groups in total. The van der Waals surface area contributed by atoms with Gasteiger partial charge in [-0.3, -0.25) is 9.59 Å². The van der Waals surface area contributed by atoms with Gasteiger partial charge in [-0.05, 0) is 42.0 Å². The molecule has 0 saturated heterocycles. The number of carboxylic acid groups (broad SMARTS) is 1. The van der Waals surface area contributed by atoms with E-state index in [0.29, 0.717) is 10.6 Å². The second-order valence-corrected chi connectivity index (χ2v) is 5.12. The number of hydrogen-bond acceptors (Lipinski definition) is 2. The van der Waals surface area contributed by atoms with Crippen molar-refractivity contribution in [2.45, 2.75) is 12.5 Å². The molecule has 0 aromatic heterocycles. The predicted octanol–water partition coefficient (Wildman–Crippen LogP) is 3.42. The van der Waals surface area contributed by atoms with Crippen LogP contribution in [0.2, 0.25) is 5.02 Å². The van der Waals surface area contributed by atoms with Crippen LogP contribution in [-0.4, -0.2) is 17.0 Å². The lowest BCUT2D eigenvalue weighted by Gasteiger charge is -2.17. The van der Waals surface area contributed by atoms with Gasteiger partial charge in [0, 0.05) is 10.6 Å². The first-order valence-electron chi connectivity index (χ1n) is 6.49. The van der Waals surface area contributed by atoms with Crippen LogP contribution in [-0.2, 0) is 4.79 Å². The normalized spacial score (nSPS) is 11.7. The van der Waals surface area contributed by atoms with E-state index in [0.717, 1.165) is 0 Å². The van der Waals surface area contributed by atoms with Gasteiger partial charge in [-0.25, -0.2) is 4.39 Å². The number of carbonyl (C=O) groups excluding carboxylic acids is 1. The number of halogens is 2. The Labute approximate surface area is 131 Å². The van der Waals surface area contributed by atoms with E-state index in [1.807, 2.05) is 0 Å². The van der Waals surface area contributed by atoms with Gasteiger partial charge in [-0.15, -0.1) is 0 Å². The Kier molecular flexibility index (Phi) is 5.12. The Morgan fingerprint density at radius 2 is 1.86 bits per heavy atom. The third-order valence-corrected chi connectivity index (χ3v) is 3.28. The van der Waals surface area contributed by atoms with Crippen LogP contribution < -0.4 is 5.32 Å². The van der Waals surface area contributed by atoms with Gasteiger partial charge in [0.25, 0.3) is 5.91 Å². The van der Waals surface area contributed by atoms with Crippen LogP contribution in [0.25, 0.3) is 0 Å². The van der Waals surface area contributed by atoms with Gasteiger partial charge in [0.1, 0.15) is 5.82 Å². The summed E-state index contributed by atoms with van der Waals surface area (Å²) in [5.74, 6) is -1.98. The molecule has 2 rings (SSSR count). The SMILES string of the molecule is O=C(O)C[C@@H](NC(=O)c1ccc(F)cc1)c1cccc(Cl)c1. The highest BCUT2D eigenvalue weighted by atomic mass is 35.5. The molecule has 0 aliphatic rings. The van der Waals surface area contributed by atoms with Gasteiger partial charge in [0.2, 0.25) is 0 Å². The molecule has 1 amide bonds. The van der Waals surface area contributed by atoms with Crippen molar-refractivity contribution < 1.29 is 19.1 Å². The number of carboxylic acids is 1. The number of amides is 1. The standard InChI is InChI=1S/C16H13ClFNO3/c17-12-3-1-2-11(8-12)14(9-15(20)21)19-16(22)10-4-6-13(18)7-5-10/h1-8,14H,9H2,(H,19,22)(H,20,21)/t14-/m1/s1. The third kappa shape index (κ3) is 4.30. The summed E-state index contributed by atoms with van der Waals surface area (Å²) < 4.78 is 12.9. The molecule has 2 aromatic rings. The zero-order valence-electron chi connectivity index (χ0n) is 11.4. The summed E-state index contributed by atoms with van der Waals surface area (Å²) in [6.07, 6.45) is -0.284. The van der Waals surface area contributed by atoms with Crippen LogP contribution in [0.3, 0.4) is 0 Å². The maximum atomic E-state index is 12.9. The monoisotopic (exact) mass is 321 g/mol. The summed E-state index contributed by atoms with van der Waals surface area (Å²) in [6.45, 7) is 0. The molecule has 22 heavy (non-hydrogen) atoms. The summed E-state index contributed by atoms with van der Waals surface area (Å²) in [4.78, 5) is 23.1. The van der Waals surface area contributed by atoms with Crippen molar-refractivity contribution in [1.29, 1.82) is 0 Å². The summed E-state index contributed by atoms with van der Waals surface area (Å²) >= 11 is 5.89. The molecule has 114 valence electrons. The molecule has 2 aromatic carbocycles. The summed E-state index contributed by atoms with van der Waals surface area (Å²) in [6, 6.07) is 10.9. The number of rotatable bonds is 5. The first kappa shape index (κ1) is 16.0. The Bertz CT molecular complexity index is 688. The number of benzene rings is 2. The Morgan fingerprint density at radius 1 is 1.18 bits per heavy atom. The fourth-order valence-electron chi connectivity index (χ4n) is 1.99. The zero-order chi connectivity index (χ0) is 16.1. The van der Waals surface area contributed by atoms with Crippen molar-refractivity contribution in [3.05, 3.63) is 70.5 Å². The van der Waals surface area contributed by atoms with Gasteiger partial charge in [0.15, 0.2) is 0 Å². The first-order chi connectivity index (χ1) is 10.5. The van der Waals surface area contributed by atoms with Gasteiger partial charge >= 0.3 is 5.97 Å². The number of hydrogen-bond donors (Lipinski definition) is 2. The van der Waals surface area contributed by atoms with E-state index in [4.69, 9.17) is 16.7 Å². The van der Waals surface area contributed by atoms with Crippen molar-refractivity contribution in [2.24, 2.45) is 0 Å². The molecule has 6 heteroatoms. The summed E-state index contributed by atoms with van der Waals surface area (Å²) in [5.41, 5.74) is 0.837. The van der Waals surface area contributed by atoms with Crippen molar-refractivity contribution in [3.8, 4) is 0 Å². The lowest BCUT2D eigenvalue weighted by molar-refractivity contribution is -0.137. The molecule has 0 spiro atoms. The van der Waals surface area contributed by atoms with Crippen LogP contribution in [0.4, 0.5) is 4.39 Å². The van der Waals surface area contributed by atoms with E-state index in [-0.39, 0.29) is 12.0 Å². The van der Waals surface area contributed by atoms with Gasteiger partial charge in [0.05, 0.1) is 12.5 Å². The average Bonchev–Trinajstić information content (AvgIpc) is 2.46. The van der Waals surface area contributed by atoms with Crippen LogP contribution in [0, 0.1) is 5.82 Å². The highest BCUT2D eigenvalue weighted by molar-refractivity contribution is 6.30. The minimum atomic E-state index is -1.05. The topological polar surface area (TPSA) is 66.4 Å². The molecular formula is C16H13ClFNO3. The molecule has 1 atom stereocenters. The van der Waals surface area contributed by atoms with Gasteiger partial charge in [-0.2, -0.15) is 0 Å². The second-order valence-electron chi connectivity index (χ2n) is 4.69. The highest BCUT2D eigenvalue weighted by Crippen LogP contribution is 2.21. The van der Waals surface area contributed by atoms with Crippen LogP contribution in [0.15, 0.2) is 48.5 Å². The average molecular weight is 322 g/mol. The highest BCUT2D eigenvalue weighted by Gasteiger charge is 2.19. The number of nitrogens with one attached hydrogen (secondary N) is 1. The van der Waals surface area contributed by atoms with Crippen LogP contribution >= 0.6 is 11.6 Å². The molecule has 0 aliphatic heterocycles. The lowest BCUT2D eigenvalue weighted by atomic mass is 10.0. The van der Waals surface area contributed by atoms with Crippen LogP contribution in [0.1, 0.15) is 28.4 Å².